The van der Waals surface area contributed by atoms with Crippen LogP contribution in [0.4, 0.5) is 5.69 Å². The van der Waals surface area contributed by atoms with Crippen LogP contribution < -0.4 is 10.1 Å². The molecular formula is C15H14Br2ClNO. The molecule has 2 rings (SSSR count). The van der Waals surface area contributed by atoms with E-state index in [0.29, 0.717) is 6.54 Å². The van der Waals surface area contributed by atoms with Crippen molar-refractivity contribution in [2.75, 3.05) is 12.4 Å². The highest BCUT2D eigenvalue weighted by molar-refractivity contribution is 9.11. The van der Waals surface area contributed by atoms with Crippen LogP contribution in [0.5, 0.6) is 5.75 Å². The Morgan fingerprint density at radius 1 is 1.20 bits per heavy atom. The van der Waals surface area contributed by atoms with Gasteiger partial charge in [-0.2, -0.15) is 0 Å². The fourth-order valence-corrected chi connectivity index (χ4v) is 3.69. The van der Waals surface area contributed by atoms with Crippen molar-refractivity contribution in [3.63, 3.8) is 0 Å². The number of benzene rings is 2. The van der Waals surface area contributed by atoms with Gasteiger partial charge in [-0.1, -0.05) is 17.7 Å². The summed E-state index contributed by atoms with van der Waals surface area (Å²) >= 11 is 13.1. The number of rotatable bonds is 4. The summed E-state index contributed by atoms with van der Waals surface area (Å²) in [4.78, 5) is 0. The predicted octanol–water partition coefficient (Wildman–Crippen LogP) is 5.79. The molecule has 0 saturated heterocycles. The Balaban J connectivity index is 2.17. The molecule has 0 aliphatic rings. The number of nitrogens with one attached hydrogen (secondary N) is 1. The van der Waals surface area contributed by atoms with Crippen molar-refractivity contribution >= 4 is 49.1 Å². The molecule has 0 radical (unpaired) electrons. The van der Waals surface area contributed by atoms with Crippen molar-refractivity contribution in [2.45, 2.75) is 13.5 Å². The van der Waals surface area contributed by atoms with Gasteiger partial charge in [-0.15, -0.1) is 0 Å². The number of hydrogen-bond acceptors (Lipinski definition) is 2. The molecule has 0 fully saturated rings. The molecule has 106 valence electrons. The Hall–Kier alpha value is -0.710. The van der Waals surface area contributed by atoms with E-state index in [4.69, 9.17) is 16.3 Å². The highest BCUT2D eigenvalue weighted by Crippen LogP contribution is 2.34. The summed E-state index contributed by atoms with van der Waals surface area (Å²) in [5.74, 6) is 0.799. The molecule has 5 heteroatoms. The molecule has 0 saturated carbocycles. The fourth-order valence-electron chi connectivity index (χ4n) is 1.91. The topological polar surface area (TPSA) is 21.3 Å². The summed E-state index contributed by atoms with van der Waals surface area (Å²) in [6.07, 6.45) is 0. The van der Waals surface area contributed by atoms with E-state index >= 15 is 0 Å². The first-order valence-corrected chi connectivity index (χ1v) is 8.00. The van der Waals surface area contributed by atoms with E-state index in [1.165, 1.54) is 0 Å². The van der Waals surface area contributed by atoms with Crippen LogP contribution in [0.2, 0.25) is 5.02 Å². The second-order valence-corrected chi connectivity index (χ2v) is 6.47. The van der Waals surface area contributed by atoms with E-state index in [1.807, 2.05) is 37.3 Å². The molecule has 0 atom stereocenters. The number of hydrogen-bond donors (Lipinski definition) is 1. The number of ether oxygens (including phenoxy) is 1. The lowest BCUT2D eigenvalue weighted by atomic mass is 10.1. The van der Waals surface area contributed by atoms with Gasteiger partial charge in [0.05, 0.1) is 16.1 Å². The molecule has 1 N–H and O–H groups in total. The third kappa shape index (κ3) is 3.48. The highest BCUT2D eigenvalue weighted by Gasteiger charge is 2.08. The van der Waals surface area contributed by atoms with Crippen LogP contribution >= 0.6 is 43.5 Å². The molecule has 2 aromatic carbocycles. The Bertz CT molecular complexity index is 608. The summed E-state index contributed by atoms with van der Waals surface area (Å²) in [5.41, 5.74) is 3.24. The molecule has 0 aromatic heterocycles. The van der Waals surface area contributed by atoms with E-state index in [1.54, 1.807) is 7.11 Å². The van der Waals surface area contributed by atoms with Gasteiger partial charge in [-0.05, 0) is 74.2 Å². The maximum absolute atomic E-state index is 6.11. The molecule has 0 bridgehead atoms. The zero-order valence-electron chi connectivity index (χ0n) is 11.1. The third-order valence-corrected chi connectivity index (χ3v) is 4.60. The Labute approximate surface area is 140 Å². The van der Waals surface area contributed by atoms with Crippen molar-refractivity contribution in [1.82, 2.24) is 0 Å². The minimum absolute atomic E-state index is 0.711. The molecule has 2 aromatic rings. The first-order chi connectivity index (χ1) is 9.52. The largest absolute Gasteiger partial charge is 0.494 e. The van der Waals surface area contributed by atoms with Gasteiger partial charge >= 0.3 is 0 Å². The Morgan fingerprint density at radius 2 is 1.85 bits per heavy atom. The lowest BCUT2D eigenvalue weighted by Crippen LogP contribution is -2.02. The van der Waals surface area contributed by atoms with Crippen LogP contribution in [0.25, 0.3) is 0 Å². The predicted molar refractivity (Wildman–Crippen MR) is 91.9 cm³/mol. The van der Waals surface area contributed by atoms with E-state index in [9.17, 15) is 0 Å². The summed E-state index contributed by atoms with van der Waals surface area (Å²) in [6, 6.07) is 9.93. The molecular weight excluding hydrogens is 405 g/mol. The van der Waals surface area contributed by atoms with Crippen LogP contribution in [-0.4, -0.2) is 7.11 Å². The fraction of sp³-hybridized carbons (Fsp3) is 0.200. The molecule has 20 heavy (non-hydrogen) atoms. The average molecular weight is 420 g/mol. The molecule has 0 aliphatic heterocycles. The first kappa shape index (κ1) is 15.7. The summed E-state index contributed by atoms with van der Waals surface area (Å²) in [6.45, 7) is 2.72. The summed E-state index contributed by atoms with van der Waals surface area (Å²) in [5, 5.41) is 4.17. The van der Waals surface area contributed by atoms with Crippen LogP contribution in [0, 0.1) is 6.92 Å². The Morgan fingerprint density at radius 3 is 2.45 bits per heavy atom. The third-order valence-electron chi connectivity index (χ3n) is 3.01. The molecule has 0 spiro atoms. The van der Waals surface area contributed by atoms with Gasteiger partial charge in [-0.3, -0.25) is 0 Å². The van der Waals surface area contributed by atoms with Gasteiger partial charge in [0, 0.05) is 17.3 Å². The van der Waals surface area contributed by atoms with Crippen molar-refractivity contribution < 1.29 is 4.74 Å². The summed E-state index contributed by atoms with van der Waals surface area (Å²) in [7, 11) is 1.65. The van der Waals surface area contributed by atoms with Gasteiger partial charge in [-0.25, -0.2) is 0 Å². The standard InChI is InChI=1S/C15H14Br2ClNO/c1-9-13(18)4-3-5-14(9)19-8-10-6-11(16)15(20-2)12(17)7-10/h3-7,19H,8H2,1-2H3. The Kier molecular flexibility index (Phi) is 5.35. The van der Waals surface area contributed by atoms with Crippen LogP contribution in [-0.2, 0) is 6.54 Å². The lowest BCUT2D eigenvalue weighted by molar-refractivity contribution is 0.409. The maximum Gasteiger partial charge on any atom is 0.147 e. The normalized spacial score (nSPS) is 10.4. The zero-order chi connectivity index (χ0) is 14.7. The van der Waals surface area contributed by atoms with E-state index in [0.717, 1.165) is 36.5 Å². The van der Waals surface area contributed by atoms with E-state index in [2.05, 4.69) is 37.2 Å². The summed E-state index contributed by atoms with van der Waals surface area (Å²) < 4.78 is 7.15. The van der Waals surface area contributed by atoms with Gasteiger partial charge < -0.3 is 10.1 Å². The molecule has 0 aliphatic carbocycles. The highest BCUT2D eigenvalue weighted by atomic mass is 79.9. The van der Waals surface area contributed by atoms with Crippen molar-refractivity contribution in [3.8, 4) is 5.75 Å². The van der Waals surface area contributed by atoms with Crippen LogP contribution in [0.3, 0.4) is 0 Å². The van der Waals surface area contributed by atoms with Gasteiger partial charge in [0.2, 0.25) is 0 Å². The first-order valence-electron chi connectivity index (χ1n) is 6.04. The van der Waals surface area contributed by atoms with Crippen molar-refractivity contribution in [3.05, 3.63) is 55.4 Å². The maximum atomic E-state index is 6.11. The number of halogens is 3. The average Bonchev–Trinajstić information content (AvgIpc) is 2.40. The molecule has 0 heterocycles. The van der Waals surface area contributed by atoms with Gasteiger partial charge in [0.25, 0.3) is 0 Å². The van der Waals surface area contributed by atoms with E-state index in [-0.39, 0.29) is 0 Å². The molecule has 0 amide bonds. The smallest absolute Gasteiger partial charge is 0.147 e. The van der Waals surface area contributed by atoms with Crippen LogP contribution in [0.15, 0.2) is 39.3 Å². The number of methoxy groups -OCH3 is 1. The minimum Gasteiger partial charge on any atom is -0.494 e. The van der Waals surface area contributed by atoms with E-state index < -0.39 is 0 Å². The second-order valence-electron chi connectivity index (χ2n) is 4.36. The van der Waals surface area contributed by atoms with Crippen molar-refractivity contribution in [1.29, 1.82) is 0 Å². The second kappa shape index (κ2) is 6.83. The number of anilines is 1. The van der Waals surface area contributed by atoms with Crippen molar-refractivity contribution in [2.24, 2.45) is 0 Å². The zero-order valence-corrected chi connectivity index (χ0v) is 15.1. The monoisotopic (exact) mass is 417 g/mol. The quantitative estimate of drug-likeness (QED) is 0.677. The SMILES string of the molecule is COc1c(Br)cc(CNc2cccc(Cl)c2C)cc1Br. The molecule has 2 nitrogen and oxygen atoms in total. The van der Waals surface area contributed by atoms with Gasteiger partial charge in [0.15, 0.2) is 0 Å². The van der Waals surface area contributed by atoms with Crippen LogP contribution in [0.1, 0.15) is 11.1 Å². The van der Waals surface area contributed by atoms with Gasteiger partial charge in [0.1, 0.15) is 5.75 Å². The lowest BCUT2D eigenvalue weighted by Gasteiger charge is -2.13. The minimum atomic E-state index is 0.711. The molecule has 0 unspecified atom stereocenters.